The van der Waals surface area contributed by atoms with Crippen LogP contribution in [-0.2, 0) is 70.9 Å². The molecule has 0 radical (unpaired) electrons. The topological polar surface area (TPSA) is 165 Å². The van der Waals surface area contributed by atoms with Crippen molar-refractivity contribution in [2.45, 2.75) is 61.0 Å². The van der Waals surface area contributed by atoms with E-state index in [9.17, 15) is 26.4 Å². The second-order valence-corrected chi connectivity index (χ2v) is 18.8. The Hall–Kier alpha value is -5.32. The van der Waals surface area contributed by atoms with Gasteiger partial charge in [-0.1, -0.05) is 88.7 Å². The first-order valence-corrected chi connectivity index (χ1v) is 23.3. The molecular formula is C44H43BrN2O10S2. The molecule has 15 heteroatoms. The summed E-state index contributed by atoms with van der Waals surface area (Å²) in [4.78, 5) is 28.7. The maximum Gasteiger partial charge on any atom is 0.227 e. The number of fused-ring (bicyclic) bond motifs is 2. The number of ether oxygens (including phenoxy) is 1. The number of hydrogen-bond acceptors (Lipinski definition) is 12. The Labute approximate surface area is 351 Å². The van der Waals surface area contributed by atoms with E-state index in [1.165, 1.54) is 59.0 Å². The van der Waals surface area contributed by atoms with Gasteiger partial charge in [0.25, 0.3) is 0 Å². The first-order valence-electron chi connectivity index (χ1n) is 18.4. The molecule has 0 saturated heterocycles. The van der Waals surface area contributed by atoms with Gasteiger partial charge in [-0.3, -0.25) is 19.4 Å². The van der Waals surface area contributed by atoms with Crippen molar-refractivity contribution in [3.05, 3.63) is 187 Å². The standard InChI is InChI=1S/C22H21NO5S.C14H13NO3.C8H9BrO2S/c1-29(25,26)20-8-6-16(7-9-20)14-28-22-15-27-19(10-21(22)24)13-23-11-17-4-2-3-5-18(17)12-23;16-13-5-12(18-9-14(13)17)8-15-6-10-3-1-2-4-11(10)7-15;1-12(10,11)8-4-2-7(6-9)3-5-8/h2-10,15H,11-14H2,1H3;1-5,9,17H,6-8H2;2-5H,6H2,1H3. The van der Waals surface area contributed by atoms with Crippen molar-refractivity contribution >= 4 is 35.6 Å². The normalized spacial score (nSPS) is 13.7. The highest BCUT2D eigenvalue weighted by molar-refractivity contribution is 9.08. The molecule has 0 fully saturated rings. The number of benzene rings is 4. The Bertz CT molecular complexity index is 2680. The minimum atomic E-state index is -3.24. The Morgan fingerprint density at radius 2 is 1.02 bits per heavy atom. The number of rotatable bonds is 10. The number of nitrogens with zero attached hydrogens (tertiary/aromatic N) is 2. The third kappa shape index (κ3) is 12.1. The van der Waals surface area contributed by atoms with Crippen molar-refractivity contribution in [2.75, 3.05) is 12.5 Å². The lowest BCUT2D eigenvalue weighted by Gasteiger charge is -2.14. The molecule has 59 heavy (non-hydrogen) atoms. The van der Waals surface area contributed by atoms with E-state index >= 15 is 0 Å². The Morgan fingerprint density at radius 1 is 0.610 bits per heavy atom. The molecule has 0 aliphatic carbocycles. The number of hydrogen-bond donors (Lipinski definition) is 1. The highest BCUT2D eigenvalue weighted by Crippen LogP contribution is 2.25. The molecule has 2 aliphatic rings. The molecule has 1 N–H and O–H groups in total. The van der Waals surface area contributed by atoms with E-state index in [2.05, 4.69) is 50.0 Å². The summed E-state index contributed by atoms with van der Waals surface area (Å²) in [5.41, 5.74) is 6.44. The average molecular weight is 904 g/mol. The second kappa shape index (κ2) is 19.2. The summed E-state index contributed by atoms with van der Waals surface area (Å²) in [5, 5.41) is 9.87. The van der Waals surface area contributed by atoms with Gasteiger partial charge in [0, 0.05) is 56.2 Å². The van der Waals surface area contributed by atoms with Crippen molar-refractivity contribution < 1.29 is 35.5 Å². The third-order valence-corrected chi connectivity index (χ3v) is 12.4. The van der Waals surface area contributed by atoms with E-state index < -0.39 is 25.1 Å². The molecule has 12 nitrogen and oxygen atoms in total. The van der Waals surface area contributed by atoms with Gasteiger partial charge in [-0.05, 0) is 57.6 Å². The number of sulfone groups is 2. The molecule has 308 valence electrons. The van der Waals surface area contributed by atoms with E-state index in [-0.39, 0.29) is 28.4 Å². The van der Waals surface area contributed by atoms with Crippen molar-refractivity contribution in [1.29, 1.82) is 0 Å². The van der Waals surface area contributed by atoms with Crippen LogP contribution in [0.4, 0.5) is 0 Å². The van der Waals surface area contributed by atoms with Gasteiger partial charge in [-0.2, -0.15) is 0 Å². The molecule has 4 aromatic carbocycles. The fourth-order valence-corrected chi connectivity index (χ4v) is 8.08. The third-order valence-electron chi connectivity index (χ3n) is 9.54. The molecule has 0 saturated carbocycles. The van der Waals surface area contributed by atoms with Crippen LogP contribution in [-0.4, -0.2) is 44.3 Å². The summed E-state index contributed by atoms with van der Waals surface area (Å²) in [7, 11) is -6.28. The van der Waals surface area contributed by atoms with Gasteiger partial charge in [-0.25, -0.2) is 16.8 Å². The molecular weight excluding hydrogens is 861 g/mol. The van der Waals surface area contributed by atoms with Crippen LogP contribution >= 0.6 is 15.9 Å². The van der Waals surface area contributed by atoms with E-state index in [0.29, 0.717) is 29.5 Å². The van der Waals surface area contributed by atoms with E-state index in [1.54, 1.807) is 36.4 Å². The summed E-state index contributed by atoms with van der Waals surface area (Å²) in [6, 6.07) is 32.6. The van der Waals surface area contributed by atoms with Crippen LogP contribution in [0.5, 0.6) is 11.5 Å². The molecule has 4 heterocycles. The van der Waals surface area contributed by atoms with Gasteiger partial charge >= 0.3 is 0 Å². The first kappa shape index (κ1) is 43.3. The smallest absolute Gasteiger partial charge is 0.227 e. The van der Waals surface area contributed by atoms with Crippen LogP contribution < -0.4 is 15.6 Å². The summed E-state index contributed by atoms with van der Waals surface area (Å²) in [5.74, 6) is 0.951. The molecule has 6 aromatic rings. The average Bonchev–Trinajstić information content (AvgIpc) is 3.82. The molecule has 2 aromatic heterocycles. The first-order chi connectivity index (χ1) is 28.1. The minimum absolute atomic E-state index is 0.130. The molecule has 0 unspecified atom stereocenters. The minimum Gasteiger partial charge on any atom is -0.502 e. The SMILES string of the molecule is CS(=O)(=O)c1ccc(CBr)cc1.CS(=O)(=O)c1ccc(COc2coc(CN3Cc4ccccc4C3)cc2=O)cc1.O=c1cc(CN2Cc3ccccc3C2)occ1O. The van der Waals surface area contributed by atoms with Crippen LogP contribution in [0.3, 0.4) is 0 Å². The highest BCUT2D eigenvalue weighted by Gasteiger charge is 2.21. The van der Waals surface area contributed by atoms with Crippen LogP contribution in [0.2, 0.25) is 0 Å². The van der Waals surface area contributed by atoms with Gasteiger partial charge in [0.1, 0.15) is 30.7 Å². The molecule has 8 rings (SSSR count). The largest absolute Gasteiger partial charge is 0.502 e. The van der Waals surface area contributed by atoms with E-state index in [1.807, 2.05) is 24.3 Å². The summed E-state index contributed by atoms with van der Waals surface area (Å²) < 4.78 is 61.4. The highest BCUT2D eigenvalue weighted by atomic mass is 79.9. The van der Waals surface area contributed by atoms with Crippen LogP contribution in [0, 0.1) is 0 Å². The molecule has 0 amide bonds. The van der Waals surface area contributed by atoms with Gasteiger partial charge in [0.05, 0.1) is 22.9 Å². The zero-order chi connectivity index (χ0) is 42.2. The Balaban J connectivity index is 0.000000165. The predicted molar refractivity (Wildman–Crippen MR) is 226 cm³/mol. The van der Waals surface area contributed by atoms with Crippen LogP contribution in [0.15, 0.2) is 150 Å². The summed E-state index contributed by atoms with van der Waals surface area (Å²) in [6.45, 7) is 4.67. The van der Waals surface area contributed by atoms with E-state index in [4.69, 9.17) is 18.7 Å². The fraction of sp³-hybridized carbons (Fsp3) is 0.227. The van der Waals surface area contributed by atoms with E-state index in [0.717, 1.165) is 55.2 Å². The van der Waals surface area contributed by atoms with Gasteiger partial charge < -0.3 is 18.7 Å². The maximum atomic E-state index is 12.4. The lowest BCUT2D eigenvalue weighted by atomic mass is 10.1. The van der Waals surface area contributed by atoms with Crippen molar-refractivity contribution in [2.24, 2.45) is 0 Å². The van der Waals surface area contributed by atoms with Crippen LogP contribution in [0.1, 0.15) is 44.9 Å². The monoisotopic (exact) mass is 902 g/mol. The molecule has 0 spiro atoms. The molecule has 0 bridgehead atoms. The van der Waals surface area contributed by atoms with Crippen molar-refractivity contribution in [3.63, 3.8) is 0 Å². The summed E-state index contributed by atoms with van der Waals surface area (Å²) >= 11 is 3.28. The zero-order valence-electron chi connectivity index (χ0n) is 32.4. The lowest BCUT2D eigenvalue weighted by molar-refractivity contribution is 0.241. The number of alkyl halides is 1. The predicted octanol–water partition coefficient (Wildman–Crippen LogP) is 6.98. The van der Waals surface area contributed by atoms with Gasteiger partial charge in [0.15, 0.2) is 25.4 Å². The van der Waals surface area contributed by atoms with Crippen molar-refractivity contribution in [3.8, 4) is 11.5 Å². The fourth-order valence-electron chi connectivity index (χ4n) is 6.44. The Morgan fingerprint density at radius 3 is 1.41 bits per heavy atom. The van der Waals surface area contributed by atoms with Crippen molar-refractivity contribution in [1.82, 2.24) is 9.80 Å². The zero-order valence-corrected chi connectivity index (χ0v) is 35.6. The van der Waals surface area contributed by atoms with Gasteiger partial charge in [-0.15, -0.1) is 0 Å². The number of aromatic hydroxyl groups is 1. The molecule has 0 atom stereocenters. The lowest BCUT2D eigenvalue weighted by Crippen LogP contribution is -2.17. The summed E-state index contributed by atoms with van der Waals surface area (Å²) in [6.07, 6.45) is 4.80. The van der Waals surface area contributed by atoms with Gasteiger partial charge in [0.2, 0.25) is 16.6 Å². The second-order valence-electron chi connectivity index (χ2n) is 14.3. The molecule has 2 aliphatic heterocycles. The number of halogens is 1. The maximum absolute atomic E-state index is 12.4. The van der Waals surface area contributed by atoms with Crippen LogP contribution in [0.25, 0.3) is 0 Å². The Kier molecular flexibility index (Phi) is 14.1. The quantitative estimate of drug-likeness (QED) is 0.141.